The highest BCUT2D eigenvalue weighted by molar-refractivity contribution is 7.99. The number of amides is 1. The van der Waals surface area contributed by atoms with Crippen LogP contribution in [-0.2, 0) is 21.3 Å². The number of nitrogens with zero attached hydrogens (tertiary/aromatic N) is 3. The van der Waals surface area contributed by atoms with Crippen LogP contribution in [0.2, 0.25) is 10.0 Å². The second-order valence-electron chi connectivity index (χ2n) is 7.35. The number of anilines is 1. The van der Waals surface area contributed by atoms with Crippen molar-refractivity contribution in [1.29, 1.82) is 0 Å². The quantitative estimate of drug-likeness (QED) is 0.300. The summed E-state index contributed by atoms with van der Waals surface area (Å²) in [6.45, 7) is 1.79. The molecule has 1 amide bonds. The Morgan fingerprint density at radius 2 is 1.67 bits per heavy atom. The number of hydrogen-bond acceptors (Lipinski definition) is 9. The highest BCUT2D eigenvalue weighted by atomic mass is 35.5. The van der Waals surface area contributed by atoms with Crippen LogP contribution in [0.25, 0.3) is 0 Å². The Kier molecular flexibility index (Phi) is 9.19. The van der Waals surface area contributed by atoms with Crippen LogP contribution in [-0.4, -0.2) is 52.6 Å². The van der Waals surface area contributed by atoms with Crippen molar-refractivity contribution in [2.24, 2.45) is 7.05 Å². The molecule has 190 valence electrons. The first-order chi connectivity index (χ1) is 17.1. The molecule has 0 fully saturated rings. The maximum absolute atomic E-state index is 12.6. The van der Waals surface area contributed by atoms with Gasteiger partial charge < -0.3 is 24.1 Å². The SMILES string of the molecule is COC(=O)c1cc(NC(=O)CSc2nnc(C(C)Oc3ccc(Cl)cc3Cl)n2C)cc(C(=O)OC)c1. The Morgan fingerprint density at radius 3 is 2.25 bits per heavy atom. The molecule has 13 heteroatoms. The lowest BCUT2D eigenvalue weighted by Crippen LogP contribution is -2.16. The van der Waals surface area contributed by atoms with E-state index in [1.54, 1.807) is 36.7 Å². The van der Waals surface area contributed by atoms with E-state index in [2.05, 4.69) is 15.5 Å². The molecule has 3 rings (SSSR count). The Morgan fingerprint density at radius 1 is 1.03 bits per heavy atom. The second kappa shape index (κ2) is 12.1. The fourth-order valence-corrected chi connectivity index (χ4v) is 4.29. The van der Waals surface area contributed by atoms with E-state index in [1.165, 1.54) is 32.4 Å². The maximum atomic E-state index is 12.6. The van der Waals surface area contributed by atoms with Crippen molar-refractivity contribution in [2.75, 3.05) is 25.3 Å². The number of aromatic nitrogens is 3. The highest BCUT2D eigenvalue weighted by Crippen LogP contribution is 2.31. The Labute approximate surface area is 221 Å². The molecule has 0 saturated carbocycles. The summed E-state index contributed by atoms with van der Waals surface area (Å²) in [6.07, 6.45) is -0.484. The van der Waals surface area contributed by atoms with Gasteiger partial charge in [0.25, 0.3) is 0 Å². The summed E-state index contributed by atoms with van der Waals surface area (Å²) in [5.41, 5.74) is 0.427. The van der Waals surface area contributed by atoms with Crippen LogP contribution in [0.3, 0.4) is 0 Å². The number of thioether (sulfide) groups is 1. The van der Waals surface area contributed by atoms with Crippen molar-refractivity contribution >= 4 is 58.5 Å². The van der Waals surface area contributed by atoms with Gasteiger partial charge >= 0.3 is 11.9 Å². The molecular weight excluding hydrogens is 531 g/mol. The summed E-state index contributed by atoms with van der Waals surface area (Å²) in [7, 11) is 4.18. The topological polar surface area (TPSA) is 122 Å². The van der Waals surface area contributed by atoms with E-state index >= 15 is 0 Å². The van der Waals surface area contributed by atoms with Crippen molar-refractivity contribution in [1.82, 2.24) is 14.8 Å². The molecule has 3 aromatic rings. The average Bonchev–Trinajstić information content (AvgIpc) is 3.23. The molecule has 1 unspecified atom stereocenters. The molecule has 10 nitrogen and oxygen atoms in total. The molecule has 1 heterocycles. The number of esters is 2. The fraction of sp³-hybridized carbons (Fsp3) is 0.261. The Balaban J connectivity index is 1.66. The summed E-state index contributed by atoms with van der Waals surface area (Å²) < 4.78 is 17.0. The van der Waals surface area contributed by atoms with Gasteiger partial charge in [-0.05, 0) is 43.3 Å². The van der Waals surface area contributed by atoms with Crippen LogP contribution in [0.1, 0.15) is 39.6 Å². The minimum absolute atomic E-state index is 0.0137. The lowest BCUT2D eigenvalue weighted by Gasteiger charge is -2.15. The first-order valence-electron chi connectivity index (χ1n) is 10.4. The Hall–Kier alpha value is -3.28. The van der Waals surface area contributed by atoms with Gasteiger partial charge in [0.05, 0.1) is 36.1 Å². The van der Waals surface area contributed by atoms with Crippen molar-refractivity contribution in [2.45, 2.75) is 18.2 Å². The second-order valence-corrected chi connectivity index (χ2v) is 9.14. The van der Waals surface area contributed by atoms with Gasteiger partial charge in [0, 0.05) is 17.8 Å². The van der Waals surface area contributed by atoms with E-state index in [-0.39, 0.29) is 28.5 Å². The third-order valence-electron chi connectivity index (χ3n) is 4.82. The lowest BCUT2D eigenvalue weighted by atomic mass is 10.1. The van der Waals surface area contributed by atoms with Crippen LogP contribution in [0.15, 0.2) is 41.6 Å². The summed E-state index contributed by atoms with van der Waals surface area (Å²) in [5, 5.41) is 12.3. The minimum Gasteiger partial charge on any atom is -0.481 e. The largest absolute Gasteiger partial charge is 0.481 e. The van der Waals surface area contributed by atoms with Crippen molar-refractivity contribution in [3.05, 3.63) is 63.4 Å². The summed E-state index contributed by atoms with van der Waals surface area (Å²) >= 11 is 13.2. The van der Waals surface area contributed by atoms with Crippen LogP contribution < -0.4 is 10.1 Å². The number of halogens is 2. The molecule has 0 saturated heterocycles. The van der Waals surface area contributed by atoms with Gasteiger partial charge in [-0.2, -0.15) is 0 Å². The standard InChI is InChI=1S/C23H22Cl2N4O6S/c1-12(35-18-6-5-15(24)10-17(18)25)20-27-28-23(29(20)2)36-11-19(30)26-16-8-13(21(31)33-3)7-14(9-16)22(32)34-4/h5-10,12H,11H2,1-4H3,(H,26,30). The zero-order chi connectivity index (χ0) is 26.4. The van der Waals surface area contributed by atoms with Gasteiger partial charge in [0.1, 0.15) is 5.75 Å². The number of carbonyl (C=O) groups is 3. The van der Waals surface area contributed by atoms with Gasteiger partial charge in [-0.3, -0.25) is 4.79 Å². The molecule has 1 atom stereocenters. The van der Waals surface area contributed by atoms with Crippen molar-refractivity contribution in [3.63, 3.8) is 0 Å². The predicted octanol–water partition coefficient (Wildman–Crippen LogP) is 4.57. The van der Waals surface area contributed by atoms with E-state index in [1.807, 2.05) is 0 Å². The van der Waals surface area contributed by atoms with Crippen LogP contribution in [0.5, 0.6) is 5.75 Å². The molecular formula is C23H22Cl2N4O6S. The maximum Gasteiger partial charge on any atom is 0.337 e. The minimum atomic E-state index is -0.659. The predicted molar refractivity (Wildman–Crippen MR) is 135 cm³/mol. The van der Waals surface area contributed by atoms with E-state index in [9.17, 15) is 14.4 Å². The smallest absolute Gasteiger partial charge is 0.337 e. The van der Waals surface area contributed by atoms with Gasteiger partial charge in [-0.15, -0.1) is 10.2 Å². The molecule has 0 bridgehead atoms. The van der Waals surface area contributed by atoms with Gasteiger partial charge in [0.2, 0.25) is 5.91 Å². The third-order valence-corrected chi connectivity index (χ3v) is 6.37. The number of nitrogens with one attached hydrogen (secondary N) is 1. The van der Waals surface area contributed by atoms with E-state index in [4.69, 9.17) is 37.4 Å². The van der Waals surface area contributed by atoms with Gasteiger partial charge in [-0.1, -0.05) is 35.0 Å². The summed E-state index contributed by atoms with van der Waals surface area (Å²) in [5.74, 6) is -0.745. The normalized spacial score (nSPS) is 11.5. The lowest BCUT2D eigenvalue weighted by molar-refractivity contribution is -0.113. The summed E-state index contributed by atoms with van der Waals surface area (Å²) in [6, 6.07) is 9.05. The first-order valence-corrected chi connectivity index (χ1v) is 12.1. The number of carbonyl (C=O) groups excluding carboxylic acids is 3. The van der Waals surface area contributed by atoms with Gasteiger partial charge in [0.15, 0.2) is 17.1 Å². The molecule has 36 heavy (non-hydrogen) atoms. The fourth-order valence-electron chi connectivity index (χ4n) is 3.12. The summed E-state index contributed by atoms with van der Waals surface area (Å²) in [4.78, 5) is 36.4. The van der Waals surface area contributed by atoms with Crippen LogP contribution in [0, 0.1) is 0 Å². The number of benzene rings is 2. The molecule has 0 aliphatic heterocycles. The number of hydrogen-bond donors (Lipinski definition) is 1. The molecule has 2 aromatic carbocycles. The number of ether oxygens (including phenoxy) is 3. The third kappa shape index (κ3) is 6.68. The zero-order valence-electron chi connectivity index (χ0n) is 19.7. The highest BCUT2D eigenvalue weighted by Gasteiger charge is 2.20. The first kappa shape index (κ1) is 27.3. The van der Waals surface area contributed by atoms with E-state index in [0.717, 1.165) is 11.8 Å². The van der Waals surface area contributed by atoms with Gasteiger partial charge in [-0.25, -0.2) is 9.59 Å². The molecule has 0 aliphatic carbocycles. The molecule has 0 spiro atoms. The van der Waals surface area contributed by atoms with Crippen LogP contribution >= 0.6 is 35.0 Å². The van der Waals surface area contributed by atoms with Crippen LogP contribution in [0.4, 0.5) is 5.69 Å². The number of methoxy groups -OCH3 is 2. The molecule has 1 N–H and O–H groups in total. The van der Waals surface area contributed by atoms with Crippen molar-refractivity contribution in [3.8, 4) is 5.75 Å². The van der Waals surface area contributed by atoms with E-state index < -0.39 is 18.0 Å². The monoisotopic (exact) mass is 552 g/mol. The molecule has 0 radical (unpaired) electrons. The number of rotatable bonds is 9. The van der Waals surface area contributed by atoms with Crippen molar-refractivity contribution < 1.29 is 28.6 Å². The average molecular weight is 553 g/mol. The Bertz CT molecular complexity index is 1270. The zero-order valence-corrected chi connectivity index (χ0v) is 22.0. The van der Waals surface area contributed by atoms with E-state index in [0.29, 0.717) is 26.8 Å². The molecule has 1 aromatic heterocycles. The molecule has 0 aliphatic rings.